The van der Waals surface area contributed by atoms with Crippen molar-refractivity contribution in [3.05, 3.63) is 33.9 Å². The number of nitrogens with zero attached hydrogens (tertiary/aromatic N) is 1. The predicted octanol–water partition coefficient (Wildman–Crippen LogP) is 1.10. The molecule has 15 heavy (non-hydrogen) atoms. The summed E-state index contributed by atoms with van der Waals surface area (Å²) in [6.45, 7) is -0.271. The van der Waals surface area contributed by atoms with Gasteiger partial charge in [0.25, 0.3) is 5.69 Å². The maximum atomic E-state index is 10.4. The highest BCUT2D eigenvalue weighted by molar-refractivity contribution is 5.43. The van der Waals surface area contributed by atoms with Gasteiger partial charge in [0.2, 0.25) is 0 Å². The zero-order valence-electron chi connectivity index (χ0n) is 7.84. The van der Waals surface area contributed by atoms with E-state index in [1.165, 1.54) is 18.2 Å². The van der Waals surface area contributed by atoms with E-state index in [1.54, 1.807) is 0 Å². The maximum absolute atomic E-state index is 10.4. The maximum Gasteiger partial charge on any atom is 0.270 e. The fourth-order valence-corrected chi connectivity index (χ4v) is 1.06. The van der Waals surface area contributed by atoms with E-state index in [-0.39, 0.29) is 18.9 Å². The molecule has 1 aromatic carbocycles. The van der Waals surface area contributed by atoms with Gasteiger partial charge in [-0.3, -0.25) is 10.1 Å². The summed E-state index contributed by atoms with van der Waals surface area (Å²) < 4.78 is 5.09. The number of aliphatic hydroxyl groups excluding tert-OH is 1. The summed E-state index contributed by atoms with van der Waals surface area (Å²) in [5, 5.41) is 19.4. The second-order valence-electron chi connectivity index (χ2n) is 2.70. The third kappa shape index (κ3) is 2.69. The van der Waals surface area contributed by atoms with Crippen LogP contribution < -0.4 is 4.74 Å². The SMILES string of the molecule is C#CCOc1ccc([N+](=O)[O-])cc1CO. The largest absolute Gasteiger partial charge is 0.481 e. The Morgan fingerprint density at radius 1 is 1.60 bits per heavy atom. The van der Waals surface area contributed by atoms with E-state index >= 15 is 0 Å². The van der Waals surface area contributed by atoms with E-state index in [2.05, 4.69) is 5.92 Å². The number of rotatable bonds is 4. The van der Waals surface area contributed by atoms with E-state index in [4.69, 9.17) is 16.3 Å². The molecule has 0 fully saturated rings. The Morgan fingerprint density at radius 3 is 2.87 bits per heavy atom. The second kappa shape index (κ2) is 4.98. The highest BCUT2D eigenvalue weighted by atomic mass is 16.6. The van der Waals surface area contributed by atoms with E-state index in [0.29, 0.717) is 11.3 Å². The number of benzene rings is 1. The summed E-state index contributed by atoms with van der Waals surface area (Å²) in [6, 6.07) is 3.97. The van der Waals surface area contributed by atoms with Gasteiger partial charge < -0.3 is 9.84 Å². The van der Waals surface area contributed by atoms with Crippen molar-refractivity contribution < 1.29 is 14.8 Å². The number of ether oxygens (including phenoxy) is 1. The van der Waals surface area contributed by atoms with Crippen molar-refractivity contribution in [3.63, 3.8) is 0 Å². The first-order chi connectivity index (χ1) is 7.19. The van der Waals surface area contributed by atoms with Gasteiger partial charge in [-0.25, -0.2) is 0 Å². The number of non-ortho nitro benzene ring substituents is 1. The zero-order chi connectivity index (χ0) is 11.3. The minimum Gasteiger partial charge on any atom is -0.481 e. The number of nitro benzene ring substituents is 1. The quantitative estimate of drug-likeness (QED) is 0.456. The van der Waals surface area contributed by atoms with Crippen LogP contribution in [-0.2, 0) is 6.61 Å². The highest BCUT2D eigenvalue weighted by Crippen LogP contribution is 2.23. The average molecular weight is 207 g/mol. The summed E-state index contributed by atoms with van der Waals surface area (Å²) in [4.78, 5) is 9.91. The number of terminal acetylenes is 1. The van der Waals surface area contributed by atoms with Crippen molar-refractivity contribution in [2.45, 2.75) is 6.61 Å². The van der Waals surface area contributed by atoms with E-state index in [0.717, 1.165) is 0 Å². The molecule has 1 aromatic rings. The average Bonchev–Trinajstić information content (AvgIpc) is 2.25. The molecular weight excluding hydrogens is 198 g/mol. The smallest absolute Gasteiger partial charge is 0.270 e. The van der Waals surface area contributed by atoms with Gasteiger partial charge in [0, 0.05) is 17.7 Å². The van der Waals surface area contributed by atoms with Gasteiger partial charge in [0.15, 0.2) is 0 Å². The first-order valence-corrected chi connectivity index (χ1v) is 4.13. The van der Waals surface area contributed by atoms with Crippen LogP contribution in [-0.4, -0.2) is 16.6 Å². The van der Waals surface area contributed by atoms with E-state index in [9.17, 15) is 10.1 Å². The molecule has 5 nitrogen and oxygen atoms in total. The fraction of sp³-hybridized carbons (Fsp3) is 0.200. The van der Waals surface area contributed by atoms with Crippen LogP contribution in [0.5, 0.6) is 5.75 Å². The van der Waals surface area contributed by atoms with Crippen molar-refractivity contribution >= 4 is 5.69 Å². The molecule has 0 aliphatic carbocycles. The van der Waals surface area contributed by atoms with Gasteiger partial charge in [-0.2, -0.15) is 0 Å². The molecule has 0 radical (unpaired) electrons. The van der Waals surface area contributed by atoms with Crippen LogP contribution >= 0.6 is 0 Å². The van der Waals surface area contributed by atoms with Gasteiger partial charge >= 0.3 is 0 Å². The zero-order valence-corrected chi connectivity index (χ0v) is 7.84. The topological polar surface area (TPSA) is 72.6 Å². The lowest BCUT2D eigenvalue weighted by Gasteiger charge is -2.06. The summed E-state index contributed by atoms with van der Waals surface area (Å²) in [5.74, 6) is 2.63. The van der Waals surface area contributed by atoms with Crippen LogP contribution in [0.3, 0.4) is 0 Å². The molecule has 0 aromatic heterocycles. The number of aliphatic hydroxyl groups is 1. The van der Waals surface area contributed by atoms with Gasteiger partial charge in [-0.1, -0.05) is 5.92 Å². The highest BCUT2D eigenvalue weighted by Gasteiger charge is 2.10. The molecule has 0 atom stereocenters. The lowest BCUT2D eigenvalue weighted by atomic mass is 10.2. The standard InChI is InChI=1S/C10H9NO4/c1-2-5-15-10-4-3-9(11(13)14)6-8(10)7-12/h1,3-4,6,12H,5,7H2. The Morgan fingerprint density at radius 2 is 2.33 bits per heavy atom. The second-order valence-corrected chi connectivity index (χ2v) is 2.70. The van der Waals surface area contributed by atoms with Crippen LogP contribution in [0.25, 0.3) is 0 Å². The lowest BCUT2D eigenvalue weighted by molar-refractivity contribution is -0.385. The summed E-state index contributed by atoms with van der Waals surface area (Å²) in [7, 11) is 0. The molecule has 0 spiro atoms. The molecule has 0 aliphatic rings. The minimum absolute atomic E-state index is 0.0603. The lowest BCUT2D eigenvalue weighted by Crippen LogP contribution is -1.99. The van der Waals surface area contributed by atoms with Crippen LogP contribution in [0, 0.1) is 22.5 Å². The molecular formula is C10H9NO4. The molecule has 0 aliphatic heterocycles. The van der Waals surface area contributed by atoms with Crippen molar-refractivity contribution in [1.29, 1.82) is 0 Å². The van der Waals surface area contributed by atoms with E-state index < -0.39 is 4.92 Å². The van der Waals surface area contributed by atoms with Gasteiger partial charge in [-0.15, -0.1) is 6.42 Å². The Bertz CT molecular complexity index is 408. The normalized spacial score (nSPS) is 9.33. The van der Waals surface area contributed by atoms with Crippen LogP contribution in [0.2, 0.25) is 0 Å². The monoisotopic (exact) mass is 207 g/mol. The van der Waals surface area contributed by atoms with Crippen molar-refractivity contribution in [3.8, 4) is 18.1 Å². The van der Waals surface area contributed by atoms with Gasteiger partial charge in [0.05, 0.1) is 11.5 Å². The Labute approximate surface area is 86.5 Å². The molecule has 0 heterocycles. The Hall–Kier alpha value is -2.06. The third-order valence-corrected chi connectivity index (χ3v) is 1.74. The number of nitro groups is 1. The van der Waals surface area contributed by atoms with Gasteiger partial charge in [0.1, 0.15) is 12.4 Å². The van der Waals surface area contributed by atoms with Crippen molar-refractivity contribution in [1.82, 2.24) is 0 Å². The molecule has 1 rings (SSSR count). The molecule has 78 valence electrons. The minimum atomic E-state index is -0.538. The predicted molar refractivity (Wildman–Crippen MR) is 53.3 cm³/mol. The van der Waals surface area contributed by atoms with Crippen LogP contribution in [0.15, 0.2) is 18.2 Å². The first-order valence-electron chi connectivity index (χ1n) is 4.13. The molecule has 0 amide bonds. The van der Waals surface area contributed by atoms with Crippen LogP contribution in [0.4, 0.5) is 5.69 Å². The van der Waals surface area contributed by atoms with E-state index in [1.807, 2.05) is 0 Å². The Balaban J connectivity index is 2.99. The molecule has 0 saturated heterocycles. The van der Waals surface area contributed by atoms with Crippen molar-refractivity contribution in [2.24, 2.45) is 0 Å². The summed E-state index contributed by atoms with van der Waals surface area (Å²) in [6.07, 6.45) is 5.00. The Kier molecular flexibility index (Phi) is 3.66. The van der Waals surface area contributed by atoms with Crippen molar-refractivity contribution in [2.75, 3.05) is 6.61 Å². The number of hydrogen-bond donors (Lipinski definition) is 1. The van der Waals surface area contributed by atoms with Gasteiger partial charge in [-0.05, 0) is 6.07 Å². The van der Waals surface area contributed by atoms with Crippen LogP contribution in [0.1, 0.15) is 5.56 Å². The third-order valence-electron chi connectivity index (χ3n) is 1.74. The summed E-state index contributed by atoms with van der Waals surface area (Å²) in [5.41, 5.74) is 0.256. The molecule has 1 N–H and O–H groups in total. The molecule has 0 saturated carbocycles. The molecule has 0 unspecified atom stereocenters. The molecule has 0 bridgehead atoms. The fourth-order valence-electron chi connectivity index (χ4n) is 1.06. The number of hydrogen-bond acceptors (Lipinski definition) is 4. The first kappa shape index (κ1) is 11.0. The summed E-state index contributed by atoms with van der Waals surface area (Å²) >= 11 is 0. The molecule has 5 heteroatoms.